The van der Waals surface area contributed by atoms with E-state index in [0.717, 1.165) is 18.8 Å². The van der Waals surface area contributed by atoms with Gasteiger partial charge in [-0.15, -0.1) is 0 Å². The predicted molar refractivity (Wildman–Crippen MR) is 69.8 cm³/mol. The lowest BCUT2D eigenvalue weighted by molar-refractivity contribution is 0.0522. The molecule has 98 valence electrons. The molecule has 0 spiro atoms. The summed E-state index contributed by atoms with van der Waals surface area (Å²) in [7, 11) is 1.37. The van der Waals surface area contributed by atoms with Crippen molar-refractivity contribution in [1.82, 2.24) is 0 Å². The fraction of sp³-hybridized carbons (Fsp3) is 0.462. The number of nitrogen functional groups attached to an aromatic ring is 1. The monoisotopic (exact) mass is 250 g/mol. The van der Waals surface area contributed by atoms with Crippen LogP contribution in [0.2, 0.25) is 0 Å². The maximum Gasteiger partial charge on any atom is 0.340 e. The predicted octanol–water partition coefficient (Wildman–Crippen LogP) is 1.28. The van der Waals surface area contributed by atoms with Crippen LogP contribution in [0.25, 0.3) is 0 Å². The minimum absolute atomic E-state index is 0.154. The molecular weight excluding hydrogens is 232 g/mol. The van der Waals surface area contributed by atoms with Crippen molar-refractivity contribution in [2.24, 2.45) is 0 Å². The van der Waals surface area contributed by atoms with Gasteiger partial charge in [-0.2, -0.15) is 0 Å². The van der Waals surface area contributed by atoms with Gasteiger partial charge in [-0.25, -0.2) is 4.79 Å². The highest BCUT2D eigenvalue weighted by Crippen LogP contribution is 2.25. The number of anilines is 2. The van der Waals surface area contributed by atoms with Gasteiger partial charge in [-0.05, 0) is 25.1 Å². The Labute approximate surface area is 106 Å². The summed E-state index contributed by atoms with van der Waals surface area (Å²) in [5, 5.41) is 0. The second kappa shape index (κ2) is 5.27. The third kappa shape index (κ3) is 2.56. The van der Waals surface area contributed by atoms with E-state index in [-0.39, 0.29) is 12.1 Å². The van der Waals surface area contributed by atoms with E-state index >= 15 is 0 Å². The zero-order chi connectivity index (χ0) is 13.1. The van der Waals surface area contributed by atoms with E-state index in [1.54, 1.807) is 12.1 Å². The van der Waals surface area contributed by atoms with Crippen molar-refractivity contribution in [2.45, 2.75) is 13.0 Å². The van der Waals surface area contributed by atoms with Gasteiger partial charge in [0.05, 0.1) is 31.1 Å². The zero-order valence-electron chi connectivity index (χ0n) is 10.7. The number of hydrogen-bond acceptors (Lipinski definition) is 5. The van der Waals surface area contributed by atoms with Crippen LogP contribution in [-0.2, 0) is 9.47 Å². The lowest BCUT2D eigenvalue weighted by Crippen LogP contribution is -2.41. The first-order chi connectivity index (χ1) is 8.61. The molecule has 18 heavy (non-hydrogen) atoms. The molecule has 2 rings (SSSR count). The second-order valence-corrected chi connectivity index (χ2v) is 4.40. The van der Waals surface area contributed by atoms with Gasteiger partial charge in [-0.1, -0.05) is 0 Å². The summed E-state index contributed by atoms with van der Waals surface area (Å²) in [6.07, 6.45) is 0.154. The maximum atomic E-state index is 11.8. The number of rotatable bonds is 2. The van der Waals surface area contributed by atoms with Crippen molar-refractivity contribution in [2.75, 3.05) is 37.4 Å². The molecule has 1 heterocycles. The standard InChI is InChI=1S/C13H18N2O3/c1-9-8-15(5-6-18-9)12-4-3-10(14)7-11(12)13(16)17-2/h3-4,7,9H,5-6,8,14H2,1-2H3. The molecular formula is C13H18N2O3. The van der Waals surface area contributed by atoms with E-state index in [4.69, 9.17) is 15.2 Å². The first-order valence-corrected chi connectivity index (χ1v) is 5.96. The minimum atomic E-state index is -0.364. The number of ether oxygens (including phenoxy) is 2. The number of carbonyl (C=O) groups is 1. The van der Waals surface area contributed by atoms with Gasteiger partial charge in [0.15, 0.2) is 0 Å². The van der Waals surface area contributed by atoms with Crippen LogP contribution < -0.4 is 10.6 Å². The molecule has 5 heteroatoms. The Morgan fingerprint density at radius 3 is 3.00 bits per heavy atom. The van der Waals surface area contributed by atoms with E-state index in [1.807, 2.05) is 13.0 Å². The summed E-state index contributed by atoms with van der Waals surface area (Å²) in [5.74, 6) is -0.364. The number of carbonyl (C=O) groups excluding carboxylic acids is 1. The van der Waals surface area contributed by atoms with Crippen molar-refractivity contribution >= 4 is 17.3 Å². The van der Waals surface area contributed by atoms with Crippen LogP contribution in [0.15, 0.2) is 18.2 Å². The van der Waals surface area contributed by atoms with Crippen molar-refractivity contribution in [3.05, 3.63) is 23.8 Å². The molecule has 0 radical (unpaired) electrons. The zero-order valence-corrected chi connectivity index (χ0v) is 10.7. The molecule has 1 aliphatic heterocycles. The molecule has 1 aliphatic rings. The maximum absolute atomic E-state index is 11.8. The number of esters is 1. The van der Waals surface area contributed by atoms with E-state index in [2.05, 4.69) is 4.90 Å². The van der Waals surface area contributed by atoms with Gasteiger partial charge in [0.25, 0.3) is 0 Å². The third-order valence-corrected chi connectivity index (χ3v) is 3.01. The van der Waals surface area contributed by atoms with Gasteiger partial charge < -0.3 is 20.1 Å². The average Bonchev–Trinajstić information content (AvgIpc) is 2.37. The summed E-state index contributed by atoms with van der Waals surface area (Å²) in [6.45, 7) is 4.19. The van der Waals surface area contributed by atoms with Crippen LogP contribution in [0.5, 0.6) is 0 Å². The van der Waals surface area contributed by atoms with E-state index in [9.17, 15) is 4.79 Å². The minimum Gasteiger partial charge on any atom is -0.465 e. The molecule has 2 N–H and O–H groups in total. The Hall–Kier alpha value is -1.75. The Morgan fingerprint density at radius 1 is 1.56 bits per heavy atom. The van der Waals surface area contributed by atoms with Crippen LogP contribution in [0, 0.1) is 0 Å². The number of methoxy groups -OCH3 is 1. The summed E-state index contributed by atoms with van der Waals surface area (Å²) in [5.41, 5.74) is 7.64. The van der Waals surface area contributed by atoms with Crippen LogP contribution in [0.4, 0.5) is 11.4 Å². The largest absolute Gasteiger partial charge is 0.465 e. The van der Waals surface area contributed by atoms with E-state index in [1.165, 1.54) is 7.11 Å². The van der Waals surface area contributed by atoms with Gasteiger partial charge in [0, 0.05) is 18.8 Å². The highest BCUT2D eigenvalue weighted by Gasteiger charge is 2.22. The molecule has 1 atom stereocenters. The van der Waals surface area contributed by atoms with Gasteiger partial charge in [0.2, 0.25) is 0 Å². The molecule has 0 aromatic heterocycles. The average molecular weight is 250 g/mol. The van der Waals surface area contributed by atoms with Crippen molar-refractivity contribution in [3.8, 4) is 0 Å². The number of benzene rings is 1. The Bertz CT molecular complexity index is 448. The fourth-order valence-electron chi connectivity index (χ4n) is 2.14. The fourth-order valence-corrected chi connectivity index (χ4v) is 2.14. The van der Waals surface area contributed by atoms with Gasteiger partial charge >= 0.3 is 5.97 Å². The molecule has 1 fully saturated rings. The van der Waals surface area contributed by atoms with E-state index < -0.39 is 0 Å². The number of morpholine rings is 1. The summed E-state index contributed by atoms with van der Waals surface area (Å²) in [4.78, 5) is 13.9. The van der Waals surface area contributed by atoms with Gasteiger partial charge in [0.1, 0.15) is 0 Å². The molecule has 5 nitrogen and oxygen atoms in total. The lowest BCUT2D eigenvalue weighted by atomic mass is 10.1. The van der Waals surface area contributed by atoms with Crippen molar-refractivity contribution in [1.29, 1.82) is 0 Å². The van der Waals surface area contributed by atoms with Gasteiger partial charge in [-0.3, -0.25) is 0 Å². The summed E-state index contributed by atoms with van der Waals surface area (Å²) < 4.78 is 10.3. The first kappa shape index (κ1) is 12.7. The second-order valence-electron chi connectivity index (χ2n) is 4.40. The molecule has 1 aromatic carbocycles. The SMILES string of the molecule is COC(=O)c1cc(N)ccc1N1CCOC(C)C1. The quantitative estimate of drug-likeness (QED) is 0.632. The molecule has 0 aliphatic carbocycles. The summed E-state index contributed by atoms with van der Waals surface area (Å²) in [6, 6.07) is 5.31. The summed E-state index contributed by atoms with van der Waals surface area (Å²) >= 11 is 0. The van der Waals surface area contributed by atoms with Crippen molar-refractivity contribution < 1.29 is 14.3 Å². The molecule has 0 bridgehead atoms. The smallest absolute Gasteiger partial charge is 0.340 e. The Kier molecular flexibility index (Phi) is 3.72. The van der Waals surface area contributed by atoms with Crippen LogP contribution in [0.3, 0.4) is 0 Å². The number of hydrogen-bond donors (Lipinski definition) is 1. The topological polar surface area (TPSA) is 64.8 Å². The normalized spacial score (nSPS) is 19.7. The highest BCUT2D eigenvalue weighted by atomic mass is 16.5. The molecule has 1 saturated heterocycles. The Balaban J connectivity index is 2.34. The van der Waals surface area contributed by atoms with Crippen LogP contribution in [-0.4, -0.2) is 38.9 Å². The number of nitrogens with two attached hydrogens (primary N) is 1. The molecule has 0 amide bonds. The third-order valence-electron chi connectivity index (χ3n) is 3.01. The van der Waals surface area contributed by atoms with Crippen LogP contribution in [0.1, 0.15) is 17.3 Å². The highest BCUT2D eigenvalue weighted by molar-refractivity contribution is 5.97. The molecule has 1 unspecified atom stereocenters. The van der Waals surface area contributed by atoms with Crippen LogP contribution >= 0.6 is 0 Å². The molecule has 0 saturated carbocycles. The number of nitrogens with zero attached hydrogens (tertiary/aromatic N) is 1. The van der Waals surface area contributed by atoms with Crippen molar-refractivity contribution in [3.63, 3.8) is 0 Å². The van der Waals surface area contributed by atoms with E-state index in [0.29, 0.717) is 17.9 Å². The Morgan fingerprint density at radius 2 is 2.33 bits per heavy atom. The lowest BCUT2D eigenvalue weighted by Gasteiger charge is -2.33. The molecule has 1 aromatic rings. The first-order valence-electron chi connectivity index (χ1n) is 5.96.